The number of carbonyl (C=O) groups excluding carboxylic acids is 1. The first-order valence-electron chi connectivity index (χ1n) is 8.31. The fraction of sp³-hybridized carbons (Fsp3) is 0.368. The van der Waals surface area contributed by atoms with Gasteiger partial charge < -0.3 is 19.5 Å². The first kappa shape index (κ1) is 21.0. The summed E-state index contributed by atoms with van der Waals surface area (Å²) in [5.41, 5.74) is 1.91. The number of carboxylic acids is 1. The number of rotatable bonds is 6. The molecule has 0 amide bonds. The number of fused-ring (bicyclic) bond motifs is 1. The van der Waals surface area contributed by atoms with Gasteiger partial charge in [-0.3, -0.25) is 0 Å². The second-order valence-electron chi connectivity index (χ2n) is 6.58. The summed E-state index contributed by atoms with van der Waals surface area (Å²) < 4.78 is 5.90. The topological polar surface area (TPSA) is 65.5 Å². The zero-order valence-electron chi connectivity index (χ0n) is 15.3. The summed E-state index contributed by atoms with van der Waals surface area (Å²) in [6.45, 7) is 6.07. The second-order valence-corrected chi connectivity index (χ2v) is 7.01. The van der Waals surface area contributed by atoms with Crippen molar-refractivity contribution in [3.05, 3.63) is 52.2 Å². The molecule has 0 radical (unpaired) electrons. The minimum Gasteiger partial charge on any atom is -0.545 e. The van der Waals surface area contributed by atoms with Crippen LogP contribution in [0.3, 0.4) is 0 Å². The molecule has 0 N–H and O–H groups in total. The molecular weight excluding hydrogens is 363 g/mol. The van der Waals surface area contributed by atoms with Gasteiger partial charge in [-0.05, 0) is 36.6 Å². The normalized spacial score (nSPS) is 12.7. The van der Waals surface area contributed by atoms with Crippen LogP contribution in [0.1, 0.15) is 35.3 Å². The Bertz CT molecular complexity index is 798. The molecule has 0 fully saturated rings. The largest absolute Gasteiger partial charge is 1.00 e. The molecule has 1 aliphatic rings. The zero-order valence-corrected chi connectivity index (χ0v) is 18.0. The van der Waals surface area contributed by atoms with Crippen LogP contribution in [0.5, 0.6) is 5.75 Å². The van der Waals surface area contributed by atoms with E-state index in [1.807, 2.05) is 18.2 Å². The molecule has 1 aliphatic heterocycles. The number of anilines is 1. The quantitative estimate of drug-likeness (QED) is 0.642. The average molecular weight is 383 g/mol. The maximum absolute atomic E-state index is 11.3. The first-order chi connectivity index (χ1) is 12.0. The molecule has 3 rings (SSSR count). The third-order valence-electron chi connectivity index (χ3n) is 4.14. The Morgan fingerprint density at radius 3 is 2.85 bits per heavy atom. The Balaban J connectivity index is 0.00000243. The van der Waals surface area contributed by atoms with Crippen LogP contribution >= 0.6 is 11.6 Å². The molecular formula is C19H20ClN2NaO3. The number of benzene rings is 1. The van der Waals surface area contributed by atoms with Gasteiger partial charge in [-0.15, -0.1) is 0 Å². The van der Waals surface area contributed by atoms with Crippen LogP contribution in [0.15, 0.2) is 30.5 Å². The summed E-state index contributed by atoms with van der Waals surface area (Å²) in [6, 6.07) is 7.07. The van der Waals surface area contributed by atoms with E-state index >= 15 is 0 Å². The Hall–Kier alpha value is -1.27. The molecule has 0 spiro atoms. The van der Waals surface area contributed by atoms with Crippen molar-refractivity contribution in [3.8, 4) is 5.75 Å². The number of carbonyl (C=O) groups is 1. The molecule has 0 unspecified atom stereocenters. The smallest absolute Gasteiger partial charge is 0.545 e. The third-order valence-corrected chi connectivity index (χ3v) is 4.38. The average Bonchev–Trinajstić information content (AvgIpc) is 2.97. The van der Waals surface area contributed by atoms with Crippen LogP contribution in [0, 0.1) is 5.92 Å². The van der Waals surface area contributed by atoms with E-state index in [-0.39, 0.29) is 35.1 Å². The van der Waals surface area contributed by atoms with Crippen molar-refractivity contribution in [1.82, 2.24) is 4.98 Å². The minimum atomic E-state index is -1.16. The van der Waals surface area contributed by atoms with Gasteiger partial charge in [0.15, 0.2) is 0 Å². The Morgan fingerprint density at radius 1 is 1.38 bits per heavy atom. The van der Waals surface area contributed by atoms with Crippen molar-refractivity contribution in [2.45, 2.75) is 26.8 Å². The molecule has 0 bridgehead atoms. The first-order valence-corrected chi connectivity index (χ1v) is 8.69. The van der Waals surface area contributed by atoms with Gasteiger partial charge in [0.2, 0.25) is 0 Å². The number of halogens is 1. The van der Waals surface area contributed by atoms with Crippen molar-refractivity contribution in [2.24, 2.45) is 5.92 Å². The summed E-state index contributed by atoms with van der Waals surface area (Å²) in [6.07, 6.45) is 2.14. The van der Waals surface area contributed by atoms with E-state index in [1.165, 1.54) is 12.3 Å². The van der Waals surface area contributed by atoms with Gasteiger partial charge in [-0.1, -0.05) is 25.4 Å². The van der Waals surface area contributed by atoms with Gasteiger partial charge >= 0.3 is 29.6 Å². The molecule has 0 saturated carbocycles. The van der Waals surface area contributed by atoms with Gasteiger partial charge in [-0.25, -0.2) is 4.98 Å². The van der Waals surface area contributed by atoms with Gasteiger partial charge in [-0.2, -0.15) is 0 Å². The molecule has 0 atom stereocenters. The van der Waals surface area contributed by atoms with Crippen LogP contribution in [-0.4, -0.2) is 24.1 Å². The van der Waals surface area contributed by atoms with Crippen LogP contribution in [-0.2, 0) is 13.0 Å². The number of nitrogens with zero attached hydrogens (tertiary/aromatic N) is 2. The number of hydrogen-bond acceptors (Lipinski definition) is 5. The second kappa shape index (κ2) is 9.09. The van der Waals surface area contributed by atoms with E-state index in [4.69, 9.17) is 16.3 Å². The van der Waals surface area contributed by atoms with Gasteiger partial charge in [0.25, 0.3) is 0 Å². The fourth-order valence-corrected chi connectivity index (χ4v) is 3.17. The number of hydrogen-bond donors (Lipinski definition) is 0. The molecule has 132 valence electrons. The fourth-order valence-electron chi connectivity index (χ4n) is 2.97. The summed E-state index contributed by atoms with van der Waals surface area (Å²) in [5, 5.41) is 11.9. The van der Waals surface area contributed by atoms with E-state index < -0.39 is 5.97 Å². The number of pyridine rings is 1. The van der Waals surface area contributed by atoms with Crippen LogP contribution < -0.4 is 44.3 Å². The zero-order chi connectivity index (χ0) is 18.0. The SMILES string of the molecule is CC(C)COc1ccc(Cl)cc1CN1CCc2c(C(=O)[O-])ccnc21.[Na+]. The summed E-state index contributed by atoms with van der Waals surface area (Å²) in [7, 11) is 0. The maximum Gasteiger partial charge on any atom is 1.00 e. The van der Waals surface area contributed by atoms with E-state index in [2.05, 4.69) is 23.7 Å². The summed E-state index contributed by atoms with van der Waals surface area (Å²) in [4.78, 5) is 17.7. The third kappa shape index (κ3) is 4.71. The molecule has 1 aromatic carbocycles. The Labute approximate surface area is 180 Å². The predicted octanol–water partition coefficient (Wildman–Crippen LogP) is -0.300. The van der Waals surface area contributed by atoms with Crippen LogP contribution in [0.2, 0.25) is 5.02 Å². The minimum absolute atomic E-state index is 0. The number of aromatic carboxylic acids is 1. The monoisotopic (exact) mass is 382 g/mol. The van der Waals surface area contributed by atoms with Crippen LogP contribution in [0.25, 0.3) is 0 Å². The van der Waals surface area contributed by atoms with E-state index in [9.17, 15) is 9.90 Å². The van der Waals surface area contributed by atoms with Gasteiger partial charge in [0.1, 0.15) is 11.6 Å². The van der Waals surface area contributed by atoms with Gasteiger partial charge in [0, 0.05) is 41.0 Å². The predicted molar refractivity (Wildman–Crippen MR) is 95.1 cm³/mol. The van der Waals surface area contributed by atoms with Gasteiger partial charge in [0.05, 0.1) is 12.6 Å². The molecule has 1 aromatic heterocycles. The molecule has 2 heterocycles. The van der Waals surface area contributed by atoms with Crippen molar-refractivity contribution >= 4 is 23.4 Å². The Kier molecular flexibility index (Phi) is 7.35. The number of ether oxygens (including phenoxy) is 1. The Morgan fingerprint density at radius 2 is 2.15 bits per heavy atom. The molecule has 5 nitrogen and oxygen atoms in total. The molecule has 7 heteroatoms. The van der Waals surface area contributed by atoms with E-state index in [0.717, 1.165) is 16.9 Å². The maximum atomic E-state index is 11.3. The molecule has 0 saturated heterocycles. The van der Waals surface area contributed by atoms with Crippen molar-refractivity contribution in [1.29, 1.82) is 0 Å². The van der Waals surface area contributed by atoms with Crippen molar-refractivity contribution in [3.63, 3.8) is 0 Å². The molecule has 26 heavy (non-hydrogen) atoms. The number of carboxylic acid groups (broad SMARTS) is 1. The summed E-state index contributed by atoms with van der Waals surface area (Å²) >= 11 is 6.16. The molecule has 2 aromatic rings. The number of aromatic nitrogens is 1. The van der Waals surface area contributed by atoms with Crippen molar-refractivity contribution in [2.75, 3.05) is 18.1 Å². The van der Waals surface area contributed by atoms with E-state index in [1.54, 1.807) is 0 Å². The van der Waals surface area contributed by atoms with E-state index in [0.29, 0.717) is 42.9 Å². The van der Waals surface area contributed by atoms with Crippen LogP contribution in [0.4, 0.5) is 5.82 Å². The summed E-state index contributed by atoms with van der Waals surface area (Å²) in [5.74, 6) is 0.742. The van der Waals surface area contributed by atoms with Crippen molar-refractivity contribution < 1.29 is 44.2 Å². The standard InChI is InChI=1S/C19H21ClN2O3.Na/c1-12(2)11-25-17-4-3-14(20)9-13(17)10-22-8-6-15-16(19(23)24)5-7-21-18(15)22;/h3-5,7,9,12H,6,8,10-11H2,1-2H3,(H,23,24);/q;+1/p-1. The molecule has 0 aliphatic carbocycles.